The fourth-order valence-corrected chi connectivity index (χ4v) is 2.12. The highest BCUT2D eigenvalue weighted by Crippen LogP contribution is 2.26. The van der Waals surface area contributed by atoms with Crippen LogP contribution in [-0.4, -0.2) is 21.5 Å². The van der Waals surface area contributed by atoms with E-state index in [0.717, 1.165) is 11.4 Å². The predicted octanol–water partition coefficient (Wildman–Crippen LogP) is 4.39. The van der Waals surface area contributed by atoms with Crippen molar-refractivity contribution < 1.29 is 9.53 Å². The van der Waals surface area contributed by atoms with Crippen LogP contribution >= 0.6 is 0 Å². The van der Waals surface area contributed by atoms with Gasteiger partial charge in [0.25, 0.3) is 0 Å². The lowest BCUT2D eigenvalue weighted by Crippen LogP contribution is -2.27. The number of nitriles is 1. The molecule has 2 rings (SSSR count). The molecule has 132 valence electrons. The maximum atomic E-state index is 12.2. The third-order valence-electron chi connectivity index (χ3n) is 3.35. The molecule has 0 radical (unpaired) electrons. The van der Waals surface area contributed by atoms with Crippen molar-refractivity contribution in [1.82, 2.24) is 9.78 Å². The molecule has 0 aliphatic rings. The Morgan fingerprint density at radius 1 is 1.16 bits per heavy atom. The Hall–Kier alpha value is -2.81. The van der Waals surface area contributed by atoms with E-state index in [4.69, 9.17) is 10.00 Å². The van der Waals surface area contributed by atoms with Gasteiger partial charge in [-0.1, -0.05) is 20.8 Å². The van der Waals surface area contributed by atoms with Crippen LogP contribution in [0.25, 0.3) is 5.69 Å². The number of carbonyl (C=O) groups is 1. The average molecular weight is 340 g/mol. The molecule has 0 saturated heterocycles. The van der Waals surface area contributed by atoms with Gasteiger partial charge < -0.3 is 4.74 Å². The Morgan fingerprint density at radius 2 is 1.76 bits per heavy atom. The predicted molar refractivity (Wildman–Crippen MR) is 96.8 cm³/mol. The molecule has 1 aromatic carbocycles. The van der Waals surface area contributed by atoms with Gasteiger partial charge in [-0.2, -0.15) is 10.4 Å². The molecular formula is C19H24N4O2. The Bertz CT molecular complexity index is 800. The summed E-state index contributed by atoms with van der Waals surface area (Å²) in [5.41, 5.74) is 1.38. The van der Waals surface area contributed by atoms with Crippen molar-refractivity contribution in [2.24, 2.45) is 0 Å². The Labute approximate surface area is 148 Å². The van der Waals surface area contributed by atoms with Crippen molar-refractivity contribution in [3.8, 4) is 11.8 Å². The average Bonchev–Trinajstić information content (AvgIpc) is 2.89. The van der Waals surface area contributed by atoms with Crippen LogP contribution in [0.15, 0.2) is 30.3 Å². The van der Waals surface area contributed by atoms with Gasteiger partial charge in [-0.3, -0.25) is 5.32 Å². The van der Waals surface area contributed by atoms with Crippen molar-refractivity contribution in [2.75, 3.05) is 5.32 Å². The molecule has 0 aliphatic heterocycles. The summed E-state index contributed by atoms with van der Waals surface area (Å²) >= 11 is 0. The van der Waals surface area contributed by atoms with E-state index in [1.807, 2.05) is 26.8 Å². The molecule has 0 saturated carbocycles. The molecule has 0 spiro atoms. The molecule has 6 nitrogen and oxygen atoms in total. The molecule has 6 heteroatoms. The summed E-state index contributed by atoms with van der Waals surface area (Å²) in [6, 6.07) is 10.9. The third kappa shape index (κ3) is 4.83. The topological polar surface area (TPSA) is 79.9 Å². The lowest BCUT2D eigenvalue weighted by Gasteiger charge is -2.19. The van der Waals surface area contributed by atoms with Gasteiger partial charge in [0, 0.05) is 11.5 Å². The van der Waals surface area contributed by atoms with Gasteiger partial charge >= 0.3 is 6.09 Å². The first kappa shape index (κ1) is 18.5. The Balaban J connectivity index is 2.41. The van der Waals surface area contributed by atoms with Crippen molar-refractivity contribution in [3.05, 3.63) is 41.6 Å². The van der Waals surface area contributed by atoms with E-state index >= 15 is 0 Å². The number of nitrogens with one attached hydrogen (secondary N) is 1. The first-order valence-electron chi connectivity index (χ1n) is 8.11. The first-order chi connectivity index (χ1) is 11.5. The van der Waals surface area contributed by atoms with Crippen LogP contribution in [0.4, 0.5) is 10.6 Å². The number of amides is 1. The number of anilines is 1. The normalized spacial score (nSPS) is 11.7. The summed E-state index contributed by atoms with van der Waals surface area (Å²) in [6.45, 7) is 11.6. The number of aromatic nitrogens is 2. The lowest BCUT2D eigenvalue weighted by atomic mass is 9.92. The van der Waals surface area contributed by atoms with Gasteiger partial charge in [0.05, 0.1) is 23.0 Å². The summed E-state index contributed by atoms with van der Waals surface area (Å²) in [7, 11) is 0. The summed E-state index contributed by atoms with van der Waals surface area (Å²) < 4.78 is 6.97. The second kappa shape index (κ2) is 6.60. The molecule has 0 atom stereocenters. The van der Waals surface area contributed by atoms with Crippen LogP contribution in [-0.2, 0) is 10.2 Å². The number of hydrogen-bond acceptors (Lipinski definition) is 4. The molecule has 25 heavy (non-hydrogen) atoms. The second-order valence-electron chi connectivity index (χ2n) is 7.86. The summed E-state index contributed by atoms with van der Waals surface area (Å²) in [6.07, 6.45) is -0.539. The van der Waals surface area contributed by atoms with Crippen LogP contribution in [0.5, 0.6) is 0 Å². The van der Waals surface area contributed by atoms with E-state index < -0.39 is 11.7 Å². The highest BCUT2D eigenvalue weighted by Gasteiger charge is 2.23. The minimum atomic E-state index is -0.587. The maximum Gasteiger partial charge on any atom is 0.413 e. The fourth-order valence-electron chi connectivity index (χ4n) is 2.12. The van der Waals surface area contributed by atoms with Gasteiger partial charge in [0.1, 0.15) is 11.4 Å². The van der Waals surface area contributed by atoms with Gasteiger partial charge in [-0.25, -0.2) is 9.48 Å². The quantitative estimate of drug-likeness (QED) is 0.879. The van der Waals surface area contributed by atoms with E-state index in [1.54, 1.807) is 28.9 Å². The minimum Gasteiger partial charge on any atom is -0.444 e. The fraction of sp³-hybridized carbons (Fsp3) is 0.421. The highest BCUT2D eigenvalue weighted by molar-refractivity contribution is 5.84. The SMILES string of the molecule is CC(C)(C)OC(=O)Nc1cc(C(C)(C)C)nn1-c1ccc(C#N)cc1. The highest BCUT2D eigenvalue weighted by atomic mass is 16.6. The zero-order valence-electron chi connectivity index (χ0n) is 15.5. The summed E-state index contributed by atoms with van der Waals surface area (Å²) in [5.74, 6) is 0.517. The van der Waals surface area contributed by atoms with E-state index in [0.29, 0.717) is 11.4 Å². The van der Waals surface area contributed by atoms with Crippen LogP contribution < -0.4 is 5.32 Å². The van der Waals surface area contributed by atoms with E-state index in [1.165, 1.54) is 0 Å². The molecule has 2 aromatic rings. The number of hydrogen-bond donors (Lipinski definition) is 1. The molecule has 0 fully saturated rings. The number of ether oxygens (including phenoxy) is 1. The van der Waals surface area contributed by atoms with E-state index in [9.17, 15) is 4.79 Å². The molecule has 1 N–H and O–H groups in total. The largest absolute Gasteiger partial charge is 0.444 e. The number of carbonyl (C=O) groups excluding carboxylic acids is 1. The lowest BCUT2D eigenvalue weighted by molar-refractivity contribution is 0.0635. The molecule has 1 amide bonds. The van der Waals surface area contributed by atoms with Crippen LogP contribution in [0, 0.1) is 11.3 Å². The van der Waals surface area contributed by atoms with E-state index in [-0.39, 0.29) is 5.41 Å². The first-order valence-corrected chi connectivity index (χ1v) is 8.11. The van der Waals surface area contributed by atoms with Crippen LogP contribution in [0.3, 0.4) is 0 Å². The Kier molecular flexibility index (Phi) is 4.89. The molecular weight excluding hydrogens is 316 g/mol. The maximum absolute atomic E-state index is 12.2. The zero-order valence-corrected chi connectivity index (χ0v) is 15.5. The number of benzene rings is 1. The second-order valence-corrected chi connectivity index (χ2v) is 7.86. The molecule has 0 bridgehead atoms. The van der Waals surface area contributed by atoms with E-state index in [2.05, 4.69) is 37.3 Å². The van der Waals surface area contributed by atoms with Crippen LogP contribution in [0.2, 0.25) is 0 Å². The molecule has 0 unspecified atom stereocenters. The molecule has 0 aliphatic carbocycles. The monoisotopic (exact) mass is 340 g/mol. The van der Waals surface area contributed by atoms with Crippen molar-refractivity contribution in [1.29, 1.82) is 5.26 Å². The summed E-state index contributed by atoms with van der Waals surface area (Å²) in [5, 5.41) is 16.3. The standard InChI is InChI=1S/C19H24N4O2/c1-18(2,3)15-11-16(21-17(24)25-19(4,5)6)23(22-15)14-9-7-13(12-20)8-10-14/h7-11H,1-6H3,(H,21,24). The third-order valence-corrected chi connectivity index (χ3v) is 3.35. The zero-order chi connectivity index (χ0) is 18.8. The van der Waals surface area contributed by atoms with Crippen LogP contribution in [0.1, 0.15) is 52.8 Å². The van der Waals surface area contributed by atoms with Crippen molar-refractivity contribution in [2.45, 2.75) is 52.6 Å². The summed E-state index contributed by atoms with van der Waals surface area (Å²) in [4.78, 5) is 12.2. The Morgan fingerprint density at radius 3 is 2.24 bits per heavy atom. The van der Waals surface area contributed by atoms with Gasteiger partial charge in [-0.15, -0.1) is 0 Å². The molecule has 1 heterocycles. The van der Waals surface area contributed by atoms with Gasteiger partial charge in [-0.05, 0) is 45.0 Å². The van der Waals surface area contributed by atoms with Gasteiger partial charge in [0.15, 0.2) is 0 Å². The molecule has 1 aromatic heterocycles. The van der Waals surface area contributed by atoms with Crippen molar-refractivity contribution >= 4 is 11.9 Å². The smallest absolute Gasteiger partial charge is 0.413 e. The van der Waals surface area contributed by atoms with Gasteiger partial charge in [0.2, 0.25) is 0 Å². The minimum absolute atomic E-state index is 0.178. The number of nitrogens with zero attached hydrogens (tertiary/aromatic N) is 3. The van der Waals surface area contributed by atoms with Crippen molar-refractivity contribution in [3.63, 3.8) is 0 Å². The number of rotatable bonds is 2.